The van der Waals surface area contributed by atoms with Crippen LogP contribution in [0.1, 0.15) is 44.9 Å². The maximum absolute atomic E-state index is 4.57. The second kappa shape index (κ2) is 5.95. The van der Waals surface area contributed by atoms with Crippen LogP contribution in [-0.2, 0) is 13.6 Å². The van der Waals surface area contributed by atoms with Crippen molar-refractivity contribution in [2.45, 2.75) is 53.1 Å². The first kappa shape index (κ1) is 14.4. The molecule has 19 heavy (non-hydrogen) atoms. The molecule has 2 atom stereocenters. The Morgan fingerprint density at radius 3 is 2.79 bits per heavy atom. The van der Waals surface area contributed by atoms with E-state index in [-0.39, 0.29) is 0 Å². The van der Waals surface area contributed by atoms with Gasteiger partial charge < -0.3 is 5.32 Å². The van der Waals surface area contributed by atoms with E-state index >= 15 is 0 Å². The van der Waals surface area contributed by atoms with E-state index in [2.05, 4.69) is 43.0 Å². The fraction of sp³-hybridized carbons (Fsp3) is 0.800. The maximum atomic E-state index is 4.57. The number of aromatic nitrogens is 2. The fourth-order valence-corrected chi connectivity index (χ4v) is 3.13. The molecule has 1 aromatic heterocycles. The minimum atomic E-state index is 0.669. The molecule has 1 N–H and O–H groups in total. The van der Waals surface area contributed by atoms with Gasteiger partial charge in [0.15, 0.2) is 0 Å². The standard InChI is InChI=1S/C15H28N4/c1-6-16-15-14(12(3)17-18(15)5)10-19-9-7-8-11(2)13(19)4/h11,13,16H,6-10H2,1-5H3. The first-order chi connectivity index (χ1) is 9.04. The van der Waals surface area contributed by atoms with E-state index in [1.54, 1.807) is 0 Å². The highest BCUT2D eigenvalue weighted by Gasteiger charge is 2.26. The Morgan fingerprint density at radius 1 is 1.37 bits per heavy atom. The summed E-state index contributed by atoms with van der Waals surface area (Å²) in [5, 5.41) is 8.02. The number of hydrogen-bond donors (Lipinski definition) is 1. The van der Waals surface area contributed by atoms with Gasteiger partial charge >= 0.3 is 0 Å². The van der Waals surface area contributed by atoms with Gasteiger partial charge in [-0.05, 0) is 46.1 Å². The first-order valence-corrected chi connectivity index (χ1v) is 7.55. The molecule has 1 aromatic rings. The topological polar surface area (TPSA) is 33.1 Å². The molecule has 1 aliphatic rings. The van der Waals surface area contributed by atoms with Crippen LogP contribution in [0.5, 0.6) is 0 Å². The third-order valence-electron chi connectivity index (χ3n) is 4.56. The molecule has 108 valence electrons. The molecule has 4 nitrogen and oxygen atoms in total. The molecule has 0 amide bonds. The Morgan fingerprint density at radius 2 is 2.11 bits per heavy atom. The Bertz CT molecular complexity index is 424. The first-order valence-electron chi connectivity index (χ1n) is 7.55. The molecule has 2 rings (SSSR count). The molecular weight excluding hydrogens is 236 g/mol. The van der Waals surface area contributed by atoms with Gasteiger partial charge in [0.1, 0.15) is 5.82 Å². The van der Waals surface area contributed by atoms with Crippen LogP contribution in [0, 0.1) is 12.8 Å². The maximum Gasteiger partial charge on any atom is 0.128 e. The number of rotatable bonds is 4. The zero-order chi connectivity index (χ0) is 14.0. The van der Waals surface area contributed by atoms with Crippen LogP contribution in [0.3, 0.4) is 0 Å². The summed E-state index contributed by atoms with van der Waals surface area (Å²) in [6.07, 6.45) is 2.69. The summed E-state index contributed by atoms with van der Waals surface area (Å²) in [5.74, 6) is 1.98. The zero-order valence-electron chi connectivity index (χ0n) is 13.0. The van der Waals surface area contributed by atoms with Gasteiger partial charge in [-0.1, -0.05) is 6.92 Å². The number of likely N-dealkylation sites (tertiary alicyclic amines) is 1. The number of piperidine rings is 1. The average Bonchev–Trinajstić information content (AvgIpc) is 2.62. The van der Waals surface area contributed by atoms with Crippen molar-refractivity contribution >= 4 is 5.82 Å². The van der Waals surface area contributed by atoms with Gasteiger partial charge in [0.25, 0.3) is 0 Å². The second-order valence-corrected chi connectivity index (χ2v) is 5.90. The minimum Gasteiger partial charge on any atom is -0.370 e. The van der Waals surface area contributed by atoms with E-state index in [1.165, 1.54) is 30.8 Å². The van der Waals surface area contributed by atoms with Crippen LogP contribution >= 0.6 is 0 Å². The molecule has 0 aromatic carbocycles. The van der Waals surface area contributed by atoms with Crippen molar-refractivity contribution in [2.75, 3.05) is 18.4 Å². The molecule has 0 saturated carbocycles. The third kappa shape index (κ3) is 2.94. The number of nitrogens with zero attached hydrogens (tertiary/aromatic N) is 3. The predicted octanol–water partition coefficient (Wildman–Crippen LogP) is 2.78. The van der Waals surface area contributed by atoms with Crippen molar-refractivity contribution in [2.24, 2.45) is 13.0 Å². The molecule has 1 aliphatic heterocycles. The summed E-state index contributed by atoms with van der Waals surface area (Å²) >= 11 is 0. The van der Waals surface area contributed by atoms with Crippen molar-refractivity contribution < 1.29 is 0 Å². The Kier molecular flexibility index (Phi) is 4.50. The lowest BCUT2D eigenvalue weighted by atomic mass is 9.91. The monoisotopic (exact) mass is 264 g/mol. The van der Waals surface area contributed by atoms with Gasteiger partial charge in [0, 0.05) is 31.7 Å². The van der Waals surface area contributed by atoms with E-state index in [4.69, 9.17) is 0 Å². The van der Waals surface area contributed by atoms with Gasteiger partial charge in [-0.25, -0.2) is 0 Å². The predicted molar refractivity (Wildman–Crippen MR) is 80.4 cm³/mol. The molecule has 2 unspecified atom stereocenters. The van der Waals surface area contributed by atoms with E-state index < -0.39 is 0 Å². The summed E-state index contributed by atoms with van der Waals surface area (Å²) in [5.41, 5.74) is 2.52. The average molecular weight is 264 g/mol. The Balaban J connectivity index is 2.18. The Hall–Kier alpha value is -1.03. The Labute approximate surface area is 117 Å². The number of anilines is 1. The van der Waals surface area contributed by atoms with E-state index in [9.17, 15) is 0 Å². The lowest BCUT2D eigenvalue weighted by Crippen LogP contribution is -2.41. The lowest BCUT2D eigenvalue weighted by molar-refractivity contribution is 0.106. The lowest BCUT2D eigenvalue weighted by Gasteiger charge is -2.38. The van der Waals surface area contributed by atoms with Gasteiger partial charge in [-0.2, -0.15) is 5.10 Å². The van der Waals surface area contributed by atoms with Gasteiger partial charge in [0.05, 0.1) is 5.69 Å². The van der Waals surface area contributed by atoms with Crippen molar-refractivity contribution in [1.82, 2.24) is 14.7 Å². The highest BCUT2D eigenvalue weighted by molar-refractivity contribution is 5.47. The molecule has 0 radical (unpaired) electrons. The van der Waals surface area contributed by atoms with Crippen LogP contribution in [0.2, 0.25) is 0 Å². The quantitative estimate of drug-likeness (QED) is 0.908. The van der Waals surface area contributed by atoms with Gasteiger partial charge in [0.2, 0.25) is 0 Å². The normalized spacial score (nSPS) is 24.7. The van der Waals surface area contributed by atoms with E-state index in [1.807, 2.05) is 11.7 Å². The third-order valence-corrected chi connectivity index (χ3v) is 4.56. The molecule has 1 saturated heterocycles. The van der Waals surface area contributed by atoms with Crippen LogP contribution < -0.4 is 5.32 Å². The highest BCUT2D eigenvalue weighted by atomic mass is 15.3. The zero-order valence-corrected chi connectivity index (χ0v) is 13.0. The van der Waals surface area contributed by atoms with Crippen LogP contribution in [-0.4, -0.2) is 33.8 Å². The second-order valence-electron chi connectivity index (χ2n) is 5.90. The SMILES string of the molecule is CCNc1c(CN2CCCC(C)C2C)c(C)nn1C. The van der Waals surface area contributed by atoms with Crippen LogP contribution in [0.4, 0.5) is 5.82 Å². The van der Waals surface area contributed by atoms with Crippen molar-refractivity contribution in [3.63, 3.8) is 0 Å². The largest absolute Gasteiger partial charge is 0.370 e. The van der Waals surface area contributed by atoms with E-state index in [0.717, 1.165) is 24.7 Å². The fourth-order valence-electron chi connectivity index (χ4n) is 3.13. The van der Waals surface area contributed by atoms with Crippen molar-refractivity contribution in [1.29, 1.82) is 0 Å². The van der Waals surface area contributed by atoms with Crippen LogP contribution in [0.25, 0.3) is 0 Å². The molecular formula is C15H28N4. The van der Waals surface area contributed by atoms with Gasteiger partial charge in [-0.15, -0.1) is 0 Å². The van der Waals surface area contributed by atoms with Crippen LogP contribution in [0.15, 0.2) is 0 Å². The number of aryl methyl sites for hydroxylation is 2. The summed E-state index contributed by atoms with van der Waals surface area (Å²) < 4.78 is 1.98. The molecule has 0 aliphatic carbocycles. The summed E-state index contributed by atoms with van der Waals surface area (Å²) in [6, 6.07) is 0.669. The molecule has 0 bridgehead atoms. The van der Waals surface area contributed by atoms with Crippen molar-refractivity contribution in [3.05, 3.63) is 11.3 Å². The highest BCUT2D eigenvalue weighted by Crippen LogP contribution is 2.27. The smallest absolute Gasteiger partial charge is 0.128 e. The summed E-state index contributed by atoms with van der Waals surface area (Å²) in [6.45, 7) is 12.2. The number of nitrogens with one attached hydrogen (secondary N) is 1. The molecule has 2 heterocycles. The van der Waals surface area contributed by atoms with Crippen molar-refractivity contribution in [3.8, 4) is 0 Å². The van der Waals surface area contributed by atoms with Gasteiger partial charge in [-0.3, -0.25) is 9.58 Å². The molecule has 4 heteroatoms. The minimum absolute atomic E-state index is 0.669. The summed E-state index contributed by atoms with van der Waals surface area (Å²) in [7, 11) is 2.02. The number of hydrogen-bond acceptors (Lipinski definition) is 3. The summed E-state index contributed by atoms with van der Waals surface area (Å²) in [4.78, 5) is 2.61. The van der Waals surface area contributed by atoms with E-state index in [0.29, 0.717) is 6.04 Å². The molecule has 0 spiro atoms. The molecule has 1 fully saturated rings.